The third-order valence-electron chi connectivity index (χ3n) is 6.50. The molecule has 36 heavy (non-hydrogen) atoms. The first kappa shape index (κ1) is 23.7. The van der Waals surface area contributed by atoms with E-state index in [9.17, 15) is 10.1 Å². The lowest BCUT2D eigenvalue weighted by molar-refractivity contribution is 0.613. The maximum absolute atomic E-state index is 13.5. The fraction of sp³-hybridized carbons (Fsp3) is 0.172. The molecule has 178 valence electrons. The molecule has 3 aromatic carbocycles. The van der Waals surface area contributed by atoms with Crippen LogP contribution in [0.5, 0.6) is 0 Å². The van der Waals surface area contributed by atoms with Crippen molar-refractivity contribution in [1.29, 1.82) is 5.26 Å². The zero-order valence-electron chi connectivity index (χ0n) is 20.0. The Morgan fingerprint density at radius 3 is 2.69 bits per heavy atom. The molecular formula is C29H24BrN5O. The van der Waals surface area contributed by atoms with Gasteiger partial charge in [-0.25, -0.2) is 4.98 Å². The lowest BCUT2D eigenvalue weighted by Gasteiger charge is -2.13. The number of benzene rings is 3. The molecule has 1 atom stereocenters. The monoisotopic (exact) mass is 537 g/mol. The molecule has 0 aliphatic carbocycles. The molecular weight excluding hydrogens is 514 g/mol. The third-order valence-corrected chi connectivity index (χ3v) is 6.99. The molecule has 0 bridgehead atoms. The lowest BCUT2D eigenvalue weighted by Crippen LogP contribution is -2.23. The highest BCUT2D eigenvalue weighted by Crippen LogP contribution is 2.24. The summed E-state index contributed by atoms with van der Waals surface area (Å²) in [5.41, 5.74) is 3.99. The van der Waals surface area contributed by atoms with Crippen LogP contribution < -0.4 is 5.56 Å². The van der Waals surface area contributed by atoms with Crippen LogP contribution in [0.15, 0.2) is 87.3 Å². The van der Waals surface area contributed by atoms with Gasteiger partial charge in [0.25, 0.3) is 5.56 Å². The molecule has 2 aromatic heterocycles. The first-order chi connectivity index (χ1) is 17.5. The van der Waals surface area contributed by atoms with Gasteiger partial charge in [0, 0.05) is 39.6 Å². The first-order valence-electron chi connectivity index (χ1n) is 11.8. The van der Waals surface area contributed by atoms with Crippen molar-refractivity contribution in [2.24, 2.45) is 5.10 Å². The number of halogens is 1. The minimum Gasteiger partial charge on any atom is -0.342 e. The van der Waals surface area contributed by atoms with E-state index in [4.69, 9.17) is 4.98 Å². The largest absolute Gasteiger partial charge is 0.342 e. The number of nitriles is 1. The van der Waals surface area contributed by atoms with E-state index in [1.807, 2.05) is 66.9 Å². The van der Waals surface area contributed by atoms with Crippen molar-refractivity contribution in [3.63, 3.8) is 0 Å². The van der Waals surface area contributed by atoms with Gasteiger partial charge < -0.3 is 4.57 Å². The zero-order chi connectivity index (χ0) is 25.2. The molecule has 0 unspecified atom stereocenters. The molecule has 2 heterocycles. The fourth-order valence-corrected chi connectivity index (χ4v) is 4.72. The third kappa shape index (κ3) is 4.36. The Morgan fingerprint density at radius 2 is 1.89 bits per heavy atom. The Bertz CT molecular complexity index is 1720. The molecule has 0 aliphatic heterocycles. The summed E-state index contributed by atoms with van der Waals surface area (Å²) in [6.07, 6.45) is 4.58. The Kier molecular flexibility index (Phi) is 6.53. The Balaban J connectivity index is 1.63. The number of fused-ring (bicyclic) bond motifs is 2. The second-order valence-corrected chi connectivity index (χ2v) is 9.72. The summed E-state index contributed by atoms with van der Waals surface area (Å²) in [5.74, 6) is 0.701. The quantitative estimate of drug-likeness (QED) is 0.234. The molecule has 0 spiro atoms. The van der Waals surface area contributed by atoms with Crippen LogP contribution in [0.3, 0.4) is 0 Å². The molecule has 0 saturated carbocycles. The Morgan fingerprint density at radius 1 is 1.11 bits per heavy atom. The number of para-hydroxylation sites is 1. The lowest BCUT2D eigenvalue weighted by atomic mass is 10.1. The van der Waals surface area contributed by atoms with Crippen LogP contribution in [-0.4, -0.2) is 20.4 Å². The van der Waals surface area contributed by atoms with Gasteiger partial charge in [-0.05, 0) is 42.3 Å². The second kappa shape index (κ2) is 9.92. The molecule has 0 amide bonds. The molecule has 6 nitrogen and oxygen atoms in total. The van der Waals surface area contributed by atoms with Crippen molar-refractivity contribution in [2.45, 2.75) is 32.7 Å². The molecule has 5 aromatic rings. The van der Waals surface area contributed by atoms with Crippen molar-refractivity contribution < 1.29 is 0 Å². The zero-order valence-corrected chi connectivity index (χ0v) is 21.6. The summed E-state index contributed by atoms with van der Waals surface area (Å²) in [6, 6.07) is 23.5. The average Bonchev–Trinajstić information content (AvgIpc) is 3.25. The average molecular weight is 538 g/mol. The van der Waals surface area contributed by atoms with Gasteiger partial charge in [0.1, 0.15) is 5.82 Å². The number of hydrogen-bond donors (Lipinski definition) is 0. The second-order valence-electron chi connectivity index (χ2n) is 8.80. The molecule has 0 radical (unpaired) electrons. The minimum absolute atomic E-state index is 0.0618. The number of aromatic nitrogens is 3. The summed E-state index contributed by atoms with van der Waals surface area (Å²) in [5, 5.41) is 15.7. The van der Waals surface area contributed by atoms with Crippen LogP contribution in [-0.2, 0) is 6.54 Å². The maximum Gasteiger partial charge on any atom is 0.282 e. The highest BCUT2D eigenvalue weighted by molar-refractivity contribution is 9.10. The highest BCUT2D eigenvalue weighted by atomic mass is 79.9. The van der Waals surface area contributed by atoms with E-state index in [-0.39, 0.29) is 11.5 Å². The van der Waals surface area contributed by atoms with E-state index in [2.05, 4.69) is 45.5 Å². The number of nitrogens with zero attached hydrogens (tertiary/aromatic N) is 5. The molecule has 0 N–H and O–H groups in total. The van der Waals surface area contributed by atoms with Crippen LogP contribution in [0.1, 0.15) is 48.7 Å². The summed E-state index contributed by atoms with van der Waals surface area (Å²) < 4.78 is 4.36. The molecule has 5 rings (SSSR count). The van der Waals surface area contributed by atoms with Gasteiger partial charge in [-0.15, -0.1) is 0 Å². The Labute approximate surface area is 217 Å². The van der Waals surface area contributed by atoms with Crippen LogP contribution in [0.2, 0.25) is 0 Å². The molecule has 0 aliphatic rings. The molecule has 0 saturated heterocycles. The topological polar surface area (TPSA) is 76.0 Å². The maximum atomic E-state index is 13.5. The SMILES string of the molecule is CC[C@@H](C)c1nc2ccc(Br)cc2c(=O)n1N=Cc1cn(Cc2ccccc2C#N)c2ccccc12. The van der Waals surface area contributed by atoms with E-state index < -0.39 is 0 Å². The summed E-state index contributed by atoms with van der Waals surface area (Å²) >= 11 is 3.46. The number of rotatable bonds is 6. The predicted molar refractivity (Wildman–Crippen MR) is 148 cm³/mol. The first-order valence-corrected chi connectivity index (χ1v) is 12.6. The van der Waals surface area contributed by atoms with Gasteiger partial charge in [-0.2, -0.15) is 15.0 Å². The van der Waals surface area contributed by atoms with Crippen molar-refractivity contribution in [3.8, 4) is 6.07 Å². The van der Waals surface area contributed by atoms with Crippen molar-refractivity contribution >= 4 is 44.0 Å². The fourth-order valence-electron chi connectivity index (χ4n) is 4.36. The van der Waals surface area contributed by atoms with Gasteiger partial charge >= 0.3 is 0 Å². The van der Waals surface area contributed by atoms with E-state index >= 15 is 0 Å². The van der Waals surface area contributed by atoms with Gasteiger partial charge in [0.2, 0.25) is 0 Å². The van der Waals surface area contributed by atoms with Crippen molar-refractivity contribution in [2.75, 3.05) is 0 Å². The van der Waals surface area contributed by atoms with E-state index in [0.717, 1.165) is 32.9 Å². The van der Waals surface area contributed by atoms with Crippen LogP contribution in [0.4, 0.5) is 0 Å². The highest BCUT2D eigenvalue weighted by Gasteiger charge is 2.16. The predicted octanol–water partition coefficient (Wildman–Crippen LogP) is 6.43. The van der Waals surface area contributed by atoms with Crippen LogP contribution in [0.25, 0.3) is 21.8 Å². The van der Waals surface area contributed by atoms with Gasteiger partial charge in [0.05, 0.1) is 28.8 Å². The van der Waals surface area contributed by atoms with Crippen molar-refractivity contribution in [1.82, 2.24) is 14.2 Å². The Hall–Kier alpha value is -4.02. The van der Waals surface area contributed by atoms with E-state index in [0.29, 0.717) is 28.8 Å². The summed E-state index contributed by atoms with van der Waals surface area (Å²) in [4.78, 5) is 18.3. The molecule has 7 heteroatoms. The normalized spacial score (nSPS) is 12.4. The van der Waals surface area contributed by atoms with Crippen LogP contribution in [0, 0.1) is 11.3 Å². The van der Waals surface area contributed by atoms with Crippen LogP contribution >= 0.6 is 15.9 Å². The van der Waals surface area contributed by atoms with Crippen molar-refractivity contribution in [3.05, 3.63) is 110 Å². The van der Waals surface area contributed by atoms with E-state index in [1.54, 1.807) is 12.3 Å². The van der Waals surface area contributed by atoms with Gasteiger partial charge in [-0.3, -0.25) is 4.79 Å². The van der Waals surface area contributed by atoms with Gasteiger partial charge in [0.15, 0.2) is 0 Å². The smallest absolute Gasteiger partial charge is 0.282 e. The summed E-state index contributed by atoms with van der Waals surface area (Å²) in [7, 11) is 0. The standard InChI is InChI=1S/C29H24BrN5O/c1-3-19(2)28-33-26-13-12-23(30)14-25(26)29(36)35(28)32-16-22-18-34(27-11-7-6-10-24(22)27)17-21-9-5-4-8-20(21)15-31/h4-14,16,18-19H,3,17H2,1-2H3/t19-/m1/s1. The van der Waals surface area contributed by atoms with Gasteiger partial charge in [-0.1, -0.05) is 66.2 Å². The summed E-state index contributed by atoms with van der Waals surface area (Å²) in [6.45, 7) is 4.68. The number of hydrogen-bond acceptors (Lipinski definition) is 4. The minimum atomic E-state index is -0.195. The molecule has 0 fully saturated rings. The van der Waals surface area contributed by atoms with E-state index in [1.165, 1.54) is 4.68 Å².